The molecule has 0 spiro atoms. The van der Waals surface area contributed by atoms with Crippen molar-refractivity contribution in [3.05, 3.63) is 43.2 Å². The van der Waals surface area contributed by atoms with Crippen LogP contribution in [0.4, 0.5) is 4.39 Å². The summed E-state index contributed by atoms with van der Waals surface area (Å²) in [4.78, 5) is 8.05. The van der Waals surface area contributed by atoms with E-state index in [9.17, 15) is 4.39 Å². The number of hydrogen-bond acceptors (Lipinski definition) is 5. The molecule has 2 heterocycles. The molecule has 0 aliphatic carbocycles. The molecule has 0 radical (unpaired) electrons. The molecule has 3 rings (SSSR count). The summed E-state index contributed by atoms with van der Waals surface area (Å²) < 4.78 is 24.0. The van der Waals surface area contributed by atoms with Crippen LogP contribution in [0.15, 0.2) is 32.4 Å². The minimum atomic E-state index is -0.506. The Bertz CT molecular complexity index is 947. The number of halogens is 5. The highest BCUT2D eigenvalue weighted by Crippen LogP contribution is 2.28. The van der Waals surface area contributed by atoms with E-state index in [4.69, 9.17) is 16.3 Å². The molecule has 0 unspecified atom stereocenters. The van der Waals surface area contributed by atoms with Crippen LogP contribution < -0.4 is 4.74 Å². The van der Waals surface area contributed by atoms with Crippen LogP contribution in [0.2, 0.25) is 5.02 Å². The molecule has 3 aromatic rings. The molecule has 0 fully saturated rings. The summed E-state index contributed by atoms with van der Waals surface area (Å²) in [7, 11) is 0. The lowest BCUT2D eigenvalue weighted by molar-refractivity contribution is 0.360. The number of nitrogens with zero attached hydrogens (tertiary/aromatic N) is 6. The monoisotopic (exact) mass is 600 g/mol. The zero-order valence-electron chi connectivity index (χ0n) is 15.4. The predicted octanol–water partition coefficient (Wildman–Crippen LogP) is 6.59. The van der Waals surface area contributed by atoms with Gasteiger partial charge in [0.15, 0.2) is 16.3 Å². The van der Waals surface area contributed by atoms with Crippen LogP contribution in [0.1, 0.15) is 39.8 Å². The van der Waals surface area contributed by atoms with E-state index in [1.165, 1.54) is 18.2 Å². The van der Waals surface area contributed by atoms with E-state index in [1.807, 2.05) is 27.7 Å². The van der Waals surface area contributed by atoms with Gasteiger partial charge >= 0.3 is 6.01 Å². The minimum absolute atomic E-state index is 0.0179. The molecule has 0 saturated heterocycles. The molecular formula is C16H17Br3ClFN6O. The van der Waals surface area contributed by atoms with Gasteiger partial charge < -0.3 is 4.74 Å². The first-order valence-corrected chi connectivity index (χ1v) is 10.9. The molecule has 2 aromatic heterocycles. The summed E-state index contributed by atoms with van der Waals surface area (Å²) >= 11 is 15.4. The van der Waals surface area contributed by atoms with Crippen LogP contribution in [0, 0.1) is 5.82 Å². The van der Waals surface area contributed by atoms with Crippen LogP contribution in [0.5, 0.6) is 11.8 Å². The number of benzene rings is 1. The van der Waals surface area contributed by atoms with Crippen molar-refractivity contribution in [3.8, 4) is 11.8 Å². The second-order valence-electron chi connectivity index (χ2n) is 6.07. The average Bonchev–Trinajstić information content (AvgIpc) is 3.13. The highest BCUT2D eigenvalue weighted by molar-refractivity contribution is 9.11. The second-order valence-corrected chi connectivity index (χ2v) is 8.63. The Hall–Kier alpha value is -1.04. The summed E-state index contributed by atoms with van der Waals surface area (Å²) in [5, 5.41) is 8.58. The molecule has 152 valence electrons. The zero-order chi connectivity index (χ0) is 21.0. The summed E-state index contributed by atoms with van der Waals surface area (Å²) in [5.74, 6) is -0.488. The summed E-state index contributed by atoms with van der Waals surface area (Å²) in [6.45, 7) is 7.93. The SMILES string of the molecule is CC(C)n1nc(Br)nc1Br.CC(C)n1nc(Br)nc1Oc1cc(Cl)ccc1F. The third kappa shape index (κ3) is 6.23. The van der Waals surface area contributed by atoms with E-state index >= 15 is 0 Å². The van der Waals surface area contributed by atoms with Crippen LogP contribution in [0.25, 0.3) is 0 Å². The number of aromatic nitrogens is 6. The fourth-order valence-electron chi connectivity index (χ4n) is 1.95. The standard InChI is InChI=1S/C11H10BrClFN3O.C5H7Br2N3/c1-6(2)17-11(15-10(12)16-17)18-9-5-7(13)3-4-8(9)14;1-3(2)10-5(7)8-4(6)9-10/h3-6H,1-2H3;3H,1-2H3. The lowest BCUT2D eigenvalue weighted by Gasteiger charge is -2.10. The van der Waals surface area contributed by atoms with Crippen molar-refractivity contribution >= 4 is 59.4 Å². The van der Waals surface area contributed by atoms with Crippen molar-refractivity contribution in [2.75, 3.05) is 0 Å². The molecule has 1 aromatic carbocycles. The van der Waals surface area contributed by atoms with Gasteiger partial charge in [-0.2, -0.15) is 9.97 Å². The fourth-order valence-corrected chi connectivity index (χ4v) is 3.67. The van der Waals surface area contributed by atoms with E-state index in [0.29, 0.717) is 20.5 Å². The largest absolute Gasteiger partial charge is 0.421 e. The molecule has 0 saturated carbocycles. The van der Waals surface area contributed by atoms with Gasteiger partial charge in [-0.05, 0) is 87.6 Å². The van der Waals surface area contributed by atoms with E-state index in [2.05, 4.69) is 68.0 Å². The summed E-state index contributed by atoms with van der Waals surface area (Å²) in [5.41, 5.74) is 0. The van der Waals surface area contributed by atoms with Gasteiger partial charge in [0.25, 0.3) is 0 Å². The van der Waals surface area contributed by atoms with Gasteiger partial charge in [0.1, 0.15) is 0 Å². The highest BCUT2D eigenvalue weighted by atomic mass is 79.9. The maximum Gasteiger partial charge on any atom is 0.321 e. The predicted molar refractivity (Wildman–Crippen MR) is 115 cm³/mol. The molecule has 0 bridgehead atoms. The maximum atomic E-state index is 13.5. The lowest BCUT2D eigenvalue weighted by Crippen LogP contribution is -2.05. The fraction of sp³-hybridized carbons (Fsp3) is 0.375. The van der Waals surface area contributed by atoms with Gasteiger partial charge in [-0.15, -0.1) is 10.2 Å². The van der Waals surface area contributed by atoms with E-state index in [-0.39, 0.29) is 17.8 Å². The first kappa shape index (κ1) is 23.2. The van der Waals surface area contributed by atoms with Gasteiger partial charge in [0.05, 0.1) is 6.04 Å². The van der Waals surface area contributed by atoms with Crippen molar-refractivity contribution in [1.29, 1.82) is 0 Å². The van der Waals surface area contributed by atoms with Gasteiger partial charge in [-0.1, -0.05) is 11.6 Å². The van der Waals surface area contributed by atoms with E-state index < -0.39 is 5.82 Å². The molecule has 0 aliphatic rings. The zero-order valence-corrected chi connectivity index (χ0v) is 20.9. The van der Waals surface area contributed by atoms with Crippen molar-refractivity contribution in [1.82, 2.24) is 29.5 Å². The third-order valence-corrected chi connectivity index (χ3v) is 4.66. The van der Waals surface area contributed by atoms with Crippen LogP contribution >= 0.6 is 59.4 Å². The van der Waals surface area contributed by atoms with Gasteiger partial charge in [0.2, 0.25) is 9.47 Å². The number of rotatable bonds is 4. The topological polar surface area (TPSA) is 70.7 Å². The van der Waals surface area contributed by atoms with Crippen LogP contribution in [0.3, 0.4) is 0 Å². The Kier molecular flexibility index (Phi) is 8.41. The van der Waals surface area contributed by atoms with Gasteiger partial charge in [-0.3, -0.25) is 0 Å². The molecule has 28 heavy (non-hydrogen) atoms. The third-order valence-electron chi connectivity index (χ3n) is 3.21. The molecule has 0 N–H and O–H groups in total. The summed E-state index contributed by atoms with van der Waals surface area (Å²) in [6, 6.07) is 4.67. The Labute approximate surface area is 192 Å². The first-order chi connectivity index (χ1) is 13.1. The molecule has 12 heteroatoms. The molecular weight excluding hydrogens is 586 g/mol. The number of hydrogen-bond donors (Lipinski definition) is 0. The van der Waals surface area contributed by atoms with Gasteiger partial charge in [0, 0.05) is 17.1 Å². The normalized spacial score (nSPS) is 11.0. The quantitative estimate of drug-likeness (QED) is 0.337. The van der Waals surface area contributed by atoms with E-state index in [1.54, 1.807) is 9.36 Å². The first-order valence-electron chi connectivity index (χ1n) is 8.11. The summed E-state index contributed by atoms with van der Waals surface area (Å²) in [6.07, 6.45) is 0. The Balaban J connectivity index is 0.000000237. The van der Waals surface area contributed by atoms with Crippen LogP contribution in [-0.2, 0) is 0 Å². The lowest BCUT2D eigenvalue weighted by atomic mass is 10.3. The second kappa shape index (κ2) is 10.1. The number of ether oxygens (including phenoxy) is 1. The smallest absolute Gasteiger partial charge is 0.321 e. The van der Waals surface area contributed by atoms with Crippen molar-refractivity contribution in [2.45, 2.75) is 39.8 Å². The molecule has 7 nitrogen and oxygen atoms in total. The van der Waals surface area contributed by atoms with Gasteiger partial charge in [-0.25, -0.2) is 13.8 Å². The van der Waals surface area contributed by atoms with Crippen molar-refractivity contribution < 1.29 is 9.13 Å². The molecule has 0 atom stereocenters. The minimum Gasteiger partial charge on any atom is -0.421 e. The highest BCUT2D eigenvalue weighted by Gasteiger charge is 2.15. The molecule has 0 aliphatic heterocycles. The van der Waals surface area contributed by atoms with Crippen molar-refractivity contribution in [2.24, 2.45) is 0 Å². The Morgan fingerprint density at radius 3 is 2.04 bits per heavy atom. The average molecular weight is 604 g/mol. The Morgan fingerprint density at radius 1 is 0.964 bits per heavy atom. The van der Waals surface area contributed by atoms with Crippen LogP contribution in [-0.4, -0.2) is 29.5 Å². The Morgan fingerprint density at radius 2 is 1.54 bits per heavy atom. The molecule has 0 amide bonds. The van der Waals surface area contributed by atoms with Crippen molar-refractivity contribution in [3.63, 3.8) is 0 Å². The maximum absolute atomic E-state index is 13.5. The van der Waals surface area contributed by atoms with E-state index in [0.717, 1.165) is 4.73 Å².